The molecule has 3 nitrogen and oxygen atoms in total. The first-order valence-electron chi connectivity index (χ1n) is 5.98. The minimum absolute atomic E-state index is 0.691. The van der Waals surface area contributed by atoms with Crippen molar-refractivity contribution in [3.05, 3.63) is 17.5 Å². The Morgan fingerprint density at radius 3 is 2.80 bits per heavy atom. The lowest BCUT2D eigenvalue weighted by molar-refractivity contribution is 0.342. The highest BCUT2D eigenvalue weighted by molar-refractivity contribution is 5.20. The average Bonchev–Trinajstić information content (AvgIpc) is 2.68. The zero-order valence-corrected chi connectivity index (χ0v) is 9.71. The summed E-state index contributed by atoms with van der Waals surface area (Å²) >= 11 is 0. The zero-order valence-electron chi connectivity index (χ0n) is 9.71. The molecule has 3 heteroatoms. The van der Waals surface area contributed by atoms with Crippen LogP contribution in [-0.2, 0) is 6.54 Å². The van der Waals surface area contributed by atoms with Crippen molar-refractivity contribution in [3.63, 3.8) is 0 Å². The number of H-pyrrole nitrogens is 1. The smallest absolute Gasteiger partial charge is 0.0697 e. The minimum Gasteiger partial charge on any atom is -0.316 e. The maximum Gasteiger partial charge on any atom is 0.0697 e. The molecular formula is C12H21N3. The monoisotopic (exact) mass is 207 g/mol. The Balaban J connectivity index is 2.05. The van der Waals surface area contributed by atoms with Crippen molar-refractivity contribution in [2.24, 2.45) is 5.92 Å². The number of aromatic nitrogens is 2. The molecule has 2 N–H and O–H groups in total. The predicted octanol–water partition coefficient (Wildman–Crippen LogP) is 2.42. The lowest BCUT2D eigenvalue weighted by atomic mass is 9.80. The lowest BCUT2D eigenvalue weighted by Gasteiger charge is -2.25. The molecule has 0 atom stereocenters. The van der Waals surface area contributed by atoms with E-state index in [4.69, 9.17) is 0 Å². The van der Waals surface area contributed by atoms with Crippen LogP contribution in [-0.4, -0.2) is 17.2 Å². The van der Waals surface area contributed by atoms with Crippen molar-refractivity contribution in [2.75, 3.05) is 7.05 Å². The van der Waals surface area contributed by atoms with E-state index in [0.717, 1.165) is 12.5 Å². The molecule has 15 heavy (non-hydrogen) atoms. The van der Waals surface area contributed by atoms with Gasteiger partial charge in [0.2, 0.25) is 0 Å². The van der Waals surface area contributed by atoms with Gasteiger partial charge in [0.15, 0.2) is 0 Å². The summed E-state index contributed by atoms with van der Waals surface area (Å²) in [6.07, 6.45) is 7.36. The van der Waals surface area contributed by atoms with Gasteiger partial charge >= 0.3 is 0 Å². The van der Waals surface area contributed by atoms with E-state index in [1.54, 1.807) is 0 Å². The van der Waals surface area contributed by atoms with Crippen LogP contribution >= 0.6 is 0 Å². The summed E-state index contributed by atoms with van der Waals surface area (Å²) in [5.74, 6) is 1.60. The SMILES string of the molecule is CNCc1c[nH]nc1C1CCC(C)CC1. The second-order valence-corrected chi connectivity index (χ2v) is 4.78. The molecule has 0 unspecified atom stereocenters. The summed E-state index contributed by atoms with van der Waals surface area (Å²) in [7, 11) is 1.99. The van der Waals surface area contributed by atoms with E-state index in [0.29, 0.717) is 5.92 Å². The van der Waals surface area contributed by atoms with Crippen LogP contribution < -0.4 is 5.32 Å². The molecule has 0 spiro atoms. The van der Waals surface area contributed by atoms with E-state index >= 15 is 0 Å². The van der Waals surface area contributed by atoms with Gasteiger partial charge in [0.05, 0.1) is 5.69 Å². The van der Waals surface area contributed by atoms with Crippen LogP contribution in [0.4, 0.5) is 0 Å². The fraction of sp³-hybridized carbons (Fsp3) is 0.750. The van der Waals surface area contributed by atoms with Gasteiger partial charge in [-0.2, -0.15) is 5.10 Å². The Morgan fingerprint density at radius 1 is 1.40 bits per heavy atom. The van der Waals surface area contributed by atoms with Crippen molar-refractivity contribution in [1.82, 2.24) is 15.5 Å². The van der Waals surface area contributed by atoms with Gasteiger partial charge in [-0.3, -0.25) is 5.10 Å². The maximum atomic E-state index is 4.42. The summed E-state index contributed by atoms with van der Waals surface area (Å²) in [5.41, 5.74) is 2.65. The van der Waals surface area contributed by atoms with Crippen molar-refractivity contribution in [3.8, 4) is 0 Å². The average molecular weight is 207 g/mol. The van der Waals surface area contributed by atoms with Gasteiger partial charge in [0.1, 0.15) is 0 Å². The summed E-state index contributed by atoms with van der Waals surface area (Å²) < 4.78 is 0. The lowest BCUT2D eigenvalue weighted by Crippen LogP contribution is -2.14. The molecule has 0 aliphatic heterocycles. The van der Waals surface area contributed by atoms with Crippen LogP contribution in [0.1, 0.15) is 49.8 Å². The fourth-order valence-electron chi connectivity index (χ4n) is 2.54. The molecule has 0 aromatic carbocycles. The van der Waals surface area contributed by atoms with E-state index < -0.39 is 0 Å². The molecule has 1 aliphatic rings. The molecule has 0 saturated heterocycles. The van der Waals surface area contributed by atoms with Crippen molar-refractivity contribution in [2.45, 2.75) is 45.1 Å². The molecular weight excluding hydrogens is 186 g/mol. The largest absolute Gasteiger partial charge is 0.316 e. The normalized spacial score (nSPS) is 26.8. The van der Waals surface area contributed by atoms with E-state index in [1.807, 2.05) is 13.2 Å². The first-order valence-corrected chi connectivity index (χ1v) is 5.98. The number of aromatic amines is 1. The first kappa shape index (κ1) is 10.7. The Morgan fingerprint density at radius 2 is 2.13 bits per heavy atom. The van der Waals surface area contributed by atoms with Gasteiger partial charge in [-0.1, -0.05) is 19.8 Å². The standard InChI is InChI=1S/C12H21N3/c1-9-3-5-10(6-4-9)12-11(7-13-2)8-14-15-12/h8-10,13H,3-7H2,1-2H3,(H,14,15). The Bertz CT molecular complexity index is 298. The first-order chi connectivity index (χ1) is 7.31. The number of rotatable bonds is 3. The van der Waals surface area contributed by atoms with Gasteiger partial charge < -0.3 is 5.32 Å². The third-order valence-electron chi connectivity index (χ3n) is 3.52. The van der Waals surface area contributed by atoms with E-state index in [1.165, 1.54) is 36.9 Å². The number of hydrogen-bond donors (Lipinski definition) is 2. The molecule has 0 amide bonds. The van der Waals surface area contributed by atoms with Crippen LogP contribution in [0.3, 0.4) is 0 Å². The van der Waals surface area contributed by atoms with Crippen LogP contribution in [0, 0.1) is 5.92 Å². The van der Waals surface area contributed by atoms with Crippen LogP contribution in [0.2, 0.25) is 0 Å². The van der Waals surface area contributed by atoms with E-state index in [-0.39, 0.29) is 0 Å². The molecule has 2 rings (SSSR count). The molecule has 84 valence electrons. The Kier molecular flexibility index (Phi) is 3.41. The second kappa shape index (κ2) is 4.79. The Hall–Kier alpha value is -0.830. The third kappa shape index (κ3) is 2.40. The molecule has 1 aliphatic carbocycles. The van der Waals surface area contributed by atoms with E-state index in [2.05, 4.69) is 22.4 Å². The van der Waals surface area contributed by atoms with E-state index in [9.17, 15) is 0 Å². The summed E-state index contributed by atoms with van der Waals surface area (Å²) in [6.45, 7) is 3.28. The minimum atomic E-state index is 0.691. The van der Waals surface area contributed by atoms with Gasteiger partial charge in [0.25, 0.3) is 0 Å². The molecule has 0 bridgehead atoms. The highest BCUT2D eigenvalue weighted by Gasteiger charge is 2.23. The quantitative estimate of drug-likeness (QED) is 0.799. The van der Waals surface area contributed by atoms with Crippen molar-refractivity contribution >= 4 is 0 Å². The molecule has 1 heterocycles. The summed E-state index contributed by atoms with van der Waals surface area (Å²) in [4.78, 5) is 0. The van der Waals surface area contributed by atoms with Crippen LogP contribution in [0.15, 0.2) is 6.20 Å². The maximum absolute atomic E-state index is 4.42. The van der Waals surface area contributed by atoms with Gasteiger partial charge in [-0.25, -0.2) is 0 Å². The number of hydrogen-bond acceptors (Lipinski definition) is 2. The number of nitrogens with zero attached hydrogens (tertiary/aromatic N) is 1. The topological polar surface area (TPSA) is 40.7 Å². The summed E-state index contributed by atoms with van der Waals surface area (Å²) in [5, 5.41) is 10.6. The van der Waals surface area contributed by atoms with Crippen LogP contribution in [0.5, 0.6) is 0 Å². The van der Waals surface area contributed by atoms with Crippen molar-refractivity contribution < 1.29 is 0 Å². The predicted molar refractivity (Wildman–Crippen MR) is 61.7 cm³/mol. The Labute approximate surface area is 91.7 Å². The highest BCUT2D eigenvalue weighted by atomic mass is 15.1. The van der Waals surface area contributed by atoms with Gasteiger partial charge in [-0.15, -0.1) is 0 Å². The number of nitrogens with one attached hydrogen (secondary N) is 2. The van der Waals surface area contributed by atoms with Gasteiger partial charge in [-0.05, 0) is 25.8 Å². The molecule has 1 fully saturated rings. The third-order valence-corrected chi connectivity index (χ3v) is 3.52. The van der Waals surface area contributed by atoms with Crippen LogP contribution in [0.25, 0.3) is 0 Å². The van der Waals surface area contributed by atoms with Crippen molar-refractivity contribution in [1.29, 1.82) is 0 Å². The highest BCUT2D eigenvalue weighted by Crippen LogP contribution is 2.35. The zero-order chi connectivity index (χ0) is 10.7. The molecule has 1 aromatic heterocycles. The molecule has 1 saturated carbocycles. The molecule has 0 radical (unpaired) electrons. The molecule has 1 aromatic rings. The second-order valence-electron chi connectivity index (χ2n) is 4.78. The van der Waals surface area contributed by atoms with Gasteiger partial charge in [0, 0.05) is 24.2 Å². The fourth-order valence-corrected chi connectivity index (χ4v) is 2.54. The summed E-state index contributed by atoms with van der Waals surface area (Å²) in [6, 6.07) is 0.